The summed E-state index contributed by atoms with van der Waals surface area (Å²) in [6.07, 6.45) is -3.02. The Hall–Kier alpha value is -1.03. The minimum absolute atomic E-state index is 0.292. The minimum atomic E-state index is -4.28. The van der Waals surface area contributed by atoms with E-state index in [2.05, 4.69) is 0 Å². The average Bonchev–Trinajstić information content (AvgIpc) is 2.46. The Labute approximate surface area is 79.7 Å². The first kappa shape index (κ1) is 9.52. The Morgan fingerprint density at radius 3 is 2.64 bits per heavy atom. The van der Waals surface area contributed by atoms with Gasteiger partial charge >= 0.3 is 6.18 Å². The Morgan fingerprint density at radius 1 is 1.29 bits per heavy atom. The number of hydrogen-bond donors (Lipinski definition) is 1. The van der Waals surface area contributed by atoms with Crippen molar-refractivity contribution < 1.29 is 13.2 Å². The SMILES string of the molecule is N[C@@H]1CCc2cccc(C(F)(F)F)c21. The van der Waals surface area contributed by atoms with Gasteiger partial charge in [0.05, 0.1) is 5.56 Å². The molecule has 0 spiro atoms. The van der Waals surface area contributed by atoms with E-state index in [0.29, 0.717) is 18.4 Å². The molecule has 2 N–H and O–H groups in total. The second-order valence-corrected chi connectivity index (χ2v) is 3.52. The molecule has 0 amide bonds. The summed E-state index contributed by atoms with van der Waals surface area (Å²) >= 11 is 0. The molecule has 0 aromatic heterocycles. The molecule has 76 valence electrons. The third-order valence-corrected chi connectivity index (χ3v) is 2.60. The van der Waals surface area contributed by atoms with Gasteiger partial charge in [-0.3, -0.25) is 0 Å². The summed E-state index contributed by atoms with van der Waals surface area (Å²) < 4.78 is 37.7. The highest BCUT2D eigenvalue weighted by molar-refractivity contribution is 5.42. The molecule has 4 heteroatoms. The molecular weight excluding hydrogens is 191 g/mol. The zero-order chi connectivity index (χ0) is 10.3. The molecule has 1 aromatic rings. The van der Waals surface area contributed by atoms with Gasteiger partial charge in [-0.15, -0.1) is 0 Å². The van der Waals surface area contributed by atoms with Gasteiger partial charge in [0, 0.05) is 6.04 Å². The number of rotatable bonds is 0. The quantitative estimate of drug-likeness (QED) is 0.686. The van der Waals surface area contributed by atoms with E-state index in [0.717, 1.165) is 11.6 Å². The minimum Gasteiger partial charge on any atom is -0.324 e. The number of fused-ring (bicyclic) bond motifs is 1. The number of aryl methyl sites for hydroxylation is 1. The van der Waals surface area contributed by atoms with Gasteiger partial charge < -0.3 is 5.73 Å². The van der Waals surface area contributed by atoms with Crippen LogP contribution < -0.4 is 5.73 Å². The molecule has 0 saturated heterocycles. The van der Waals surface area contributed by atoms with E-state index < -0.39 is 17.8 Å². The summed E-state index contributed by atoms with van der Waals surface area (Å²) in [4.78, 5) is 0. The second kappa shape index (κ2) is 2.98. The van der Waals surface area contributed by atoms with Crippen LogP contribution in [0.5, 0.6) is 0 Å². The van der Waals surface area contributed by atoms with Crippen molar-refractivity contribution in [2.24, 2.45) is 5.73 Å². The van der Waals surface area contributed by atoms with Crippen LogP contribution in [0.15, 0.2) is 18.2 Å². The van der Waals surface area contributed by atoms with Gasteiger partial charge in [0.1, 0.15) is 0 Å². The summed E-state index contributed by atoms with van der Waals surface area (Å²) in [7, 11) is 0. The standard InChI is InChI=1S/C10H10F3N/c11-10(12,13)7-3-1-2-6-4-5-8(14)9(6)7/h1-3,8H,4-5,14H2/t8-/m1/s1. The van der Waals surface area contributed by atoms with E-state index in [1.54, 1.807) is 6.07 Å². The van der Waals surface area contributed by atoms with Crippen LogP contribution in [0.2, 0.25) is 0 Å². The first-order valence-electron chi connectivity index (χ1n) is 4.44. The van der Waals surface area contributed by atoms with Crippen LogP contribution in [0.3, 0.4) is 0 Å². The van der Waals surface area contributed by atoms with Crippen molar-refractivity contribution in [3.8, 4) is 0 Å². The van der Waals surface area contributed by atoms with E-state index in [9.17, 15) is 13.2 Å². The van der Waals surface area contributed by atoms with E-state index in [-0.39, 0.29) is 0 Å². The van der Waals surface area contributed by atoms with E-state index in [1.807, 2.05) is 0 Å². The van der Waals surface area contributed by atoms with Crippen molar-refractivity contribution in [2.45, 2.75) is 25.1 Å². The van der Waals surface area contributed by atoms with Crippen molar-refractivity contribution in [2.75, 3.05) is 0 Å². The zero-order valence-corrected chi connectivity index (χ0v) is 7.43. The fourth-order valence-corrected chi connectivity index (χ4v) is 1.97. The zero-order valence-electron chi connectivity index (χ0n) is 7.43. The predicted molar refractivity (Wildman–Crippen MR) is 46.7 cm³/mol. The lowest BCUT2D eigenvalue weighted by Crippen LogP contribution is -2.14. The first-order valence-corrected chi connectivity index (χ1v) is 4.44. The Balaban J connectivity index is 2.58. The molecule has 1 aromatic carbocycles. The lowest BCUT2D eigenvalue weighted by atomic mass is 10.0. The molecular formula is C10H10F3N. The number of alkyl halides is 3. The van der Waals surface area contributed by atoms with Gasteiger partial charge in [-0.05, 0) is 30.0 Å². The molecule has 0 bridgehead atoms. The monoisotopic (exact) mass is 201 g/mol. The van der Waals surface area contributed by atoms with Gasteiger partial charge in [-0.25, -0.2) is 0 Å². The van der Waals surface area contributed by atoms with Gasteiger partial charge in [0.15, 0.2) is 0 Å². The van der Waals surface area contributed by atoms with Crippen molar-refractivity contribution in [3.63, 3.8) is 0 Å². The maximum absolute atomic E-state index is 12.6. The molecule has 0 radical (unpaired) electrons. The molecule has 14 heavy (non-hydrogen) atoms. The Morgan fingerprint density at radius 2 is 2.00 bits per heavy atom. The van der Waals surface area contributed by atoms with E-state index in [4.69, 9.17) is 5.73 Å². The lowest BCUT2D eigenvalue weighted by Gasteiger charge is -2.14. The van der Waals surface area contributed by atoms with Gasteiger partial charge in [-0.2, -0.15) is 13.2 Å². The lowest BCUT2D eigenvalue weighted by molar-refractivity contribution is -0.138. The molecule has 0 aliphatic heterocycles. The van der Waals surface area contributed by atoms with Crippen LogP contribution in [-0.4, -0.2) is 0 Å². The van der Waals surface area contributed by atoms with Crippen LogP contribution in [0, 0.1) is 0 Å². The molecule has 0 unspecified atom stereocenters. The third kappa shape index (κ3) is 1.39. The van der Waals surface area contributed by atoms with Crippen LogP contribution in [0.1, 0.15) is 29.2 Å². The van der Waals surface area contributed by atoms with E-state index >= 15 is 0 Å². The van der Waals surface area contributed by atoms with Crippen LogP contribution in [-0.2, 0) is 12.6 Å². The van der Waals surface area contributed by atoms with Crippen molar-refractivity contribution >= 4 is 0 Å². The number of hydrogen-bond acceptors (Lipinski definition) is 1. The van der Waals surface area contributed by atoms with Gasteiger partial charge in [0.2, 0.25) is 0 Å². The Kier molecular flexibility index (Phi) is 2.03. The number of nitrogens with two attached hydrogens (primary N) is 1. The number of benzene rings is 1. The molecule has 2 rings (SSSR count). The predicted octanol–water partition coefficient (Wildman–Crippen LogP) is 2.65. The molecule has 0 saturated carbocycles. The summed E-state index contributed by atoms with van der Waals surface area (Å²) in [5.41, 5.74) is 6.11. The van der Waals surface area contributed by atoms with Crippen molar-refractivity contribution in [1.82, 2.24) is 0 Å². The van der Waals surface area contributed by atoms with Gasteiger partial charge in [0.25, 0.3) is 0 Å². The van der Waals surface area contributed by atoms with Crippen LogP contribution in [0.25, 0.3) is 0 Å². The largest absolute Gasteiger partial charge is 0.416 e. The maximum atomic E-state index is 12.6. The average molecular weight is 201 g/mol. The summed E-state index contributed by atoms with van der Waals surface area (Å²) in [5.74, 6) is 0. The second-order valence-electron chi connectivity index (χ2n) is 3.52. The van der Waals surface area contributed by atoms with Gasteiger partial charge in [-0.1, -0.05) is 12.1 Å². The van der Waals surface area contributed by atoms with Crippen molar-refractivity contribution in [1.29, 1.82) is 0 Å². The smallest absolute Gasteiger partial charge is 0.324 e. The summed E-state index contributed by atoms with van der Waals surface area (Å²) in [5, 5.41) is 0. The third-order valence-electron chi connectivity index (χ3n) is 2.60. The first-order chi connectivity index (χ1) is 6.50. The molecule has 0 heterocycles. The number of halogens is 3. The molecule has 1 aliphatic rings. The topological polar surface area (TPSA) is 26.0 Å². The molecule has 1 atom stereocenters. The highest BCUT2D eigenvalue weighted by atomic mass is 19.4. The fourth-order valence-electron chi connectivity index (χ4n) is 1.97. The maximum Gasteiger partial charge on any atom is 0.416 e. The summed E-state index contributed by atoms with van der Waals surface area (Å²) in [6, 6.07) is 3.81. The molecule has 1 nitrogen and oxygen atoms in total. The van der Waals surface area contributed by atoms with Crippen LogP contribution >= 0.6 is 0 Å². The van der Waals surface area contributed by atoms with E-state index in [1.165, 1.54) is 6.07 Å². The molecule has 1 aliphatic carbocycles. The normalized spacial score (nSPS) is 21.0. The highest BCUT2D eigenvalue weighted by Crippen LogP contribution is 2.40. The molecule has 0 fully saturated rings. The Bertz CT molecular complexity index is 357. The summed E-state index contributed by atoms with van der Waals surface area (Å²) in [6.45, 7) is 0. The highest BCUT2D eigenvalue weighted by Gasteiger charge is 2.37. The fraction of sp³-hybridized carbons (Fsp3) is 0.400. The van der Waals surface area contributed by atoms with Crippen molar-refractivity contribution in [3.05, 3.63) is 34.9 Å². The van der Waals surface area contributed by atoms with Crippen LogP contribution in [0.4, 0.5) is 13.2 Å².